The Balaban J connectivity index is 3.36. The molecule has 1 N–H and O–H groups in total. The largest absolute Gasteiger partial charge is 0.389 e. The molecule has 0 bridgehead atoms. The molecule has 0 spiro atoms. The van der Waals surface area contributed by atoms with Crippen LogP contribution in [0.5, 0.6) is 0 Å². The van der Waals surface area contributed by atoms with Crippen molar-refractivity contribution in [1.82, 2.24) is 0 Å². The summed E-state index contributed by atoms with van der Waals surface area (Å²) in [4.78, 5) is 0. The van der Waals surface area contributed by atoms with Gasteiger partial charge in [0.25, 0.3) is 0 Å². The Bertz CT molecular complexity index is 114. The zero-order valence-electron chi connectivity index (χ0n) is 5.46. The maximum Gasteiger partial charge on any atom is 0.0752 e. The Kier molecular flexibility index (Phi) is 4.83. The number of allylic oxidation sites excluding steroid dienone is 2. The van der Waals surface area contributed by atoms with Crippen molar-refractivity contribution in [2.24, 2.45) is 0 Å². The Morgan fingerprint density at radius 1 is 1.44 bits per heavy atom. The summed E-state index contributed by atoms with van der Waals surface area (Å²) < 4.78 is 0. The highest BCUT2D eigenvalue weighted by Crippen LogP contribution is 1.92. The van der Waals surface area contributed by atoms with Crippen LogP contribution in [0.2, 0.25) is 0 Å². The second kappa shape index (κ2) is 5.32. The lowest BCUT2D eigenvalue weighted by atomic mass is 10.2. The minimum absolute atomic E-state index is 0.416. The van der Waals surface area contributed by atoms with E-state index in [1.54, 1.807) is 12.2 Å². The van der Waals surface area contributed by atoms with Crippen LogP contribution in [0.25, 0.3) is 0 Å². The molecule has 0 saturated carbocycles. The van der Waals surface area contributed by atoms with Crippen molar-refractivity contribution in [3.05, 3.63) is 37.5 Å². The van der Waals surface area contributed by atoms with E-state index in [2.05, 4.69) is 13.2 Å². The highest BCUT2D eigenvalue weighted by molar-refractivity contribution is 4.99. The van der Waals surface area contributed by atoms with Crippen molar-refractivity contribution in [3.8, 4) is 0 Å². The summed E-state index contributed by atoms with van der Waals surface area (Å²) in [5, 5.41) is 8.88. The molecule has 0 aliphatic carbocycles. The topological polar surface area (TPSA) is 20.2 Å². The van der Waals surface area contributed by atoms with Crippen molar-refractivity contribution < 1.29 is 5.11 Å². The quantitative estimate of drug-likeness (QED) is 0.446. The number of aliphatic hydroxyl groups is 1. The summed E-state index contributed by atoms with van der Waals surface area (Å²) >= 11 is 0. The Labute approximate surface area is 56.0 Å². The highest BCUT2D eigenvalue weighted by atomic mass is 16.3. The predicted molar refractivity (Wildman–Crippen MR) is 40.2 cm³/mol. The number of hydrogen-bond acceptors (Lipinski definition) is 1. The average molecular weight is 124 g/mol. The highest BCUT2D eigenvalue weighted by Gasteiger charge is 1.89. The van der Waals surface area contributed by atoms with E-state index in [9.17, 15) is 0 Å². The van der Waals surface area contributed by atoms with Crippen LogP contribution in [0, 0.1) is 0 Å². The molecular weight excluding hydrogens is 112 g/mol. The molecule has 0 amide bonds. The molecule has 0 fully saturated rings. The molecular formula is C8H12O. The Morgan fingerprint density at radius 2 is 2.11 bits per heavy atom. The first-order valence-electron chi connectivity index (χ1n) is 2.89. The van der Waals surface area contributed by atoms with Crippen LogP contribution in [-0.2, 0) is 0 Å². The molecule has 9 heavy (non-hydrogen) atoms. The van der Waals surface area contributed by atoms with Gasteiger partial charge in [0.1, 0.15) is 0 Å². The normalized spacial score (nSPS) is 13.4. The number of aliphatic hydroxyl groups excluding tert-OH is 1. The lowest BCUT2D eigenvalue weighted by molar-refractivity contribution is 0.227. The maximum absolute atomic E-state index is 8.88. The van der Waals surface area contributed by atoms with Crippen molar-refractivity contribution in [2.45, 2.75) is 12.5 Å². The fourth-order valence-corrected chi connectivity index (χ4v) is 0.410. The van der Waals surface area contributed by atoms with Gasteiger partial charge in [0.2, 0.25) is 0 Å². The molecule has 1 atom stereocenters. The van der Waals surface area contributed by atoms with Crippen LogP contribution in [0.1, 0.15) is 6.42 Å². The third kappa shape index (κ3) is 5.04. The second-order valence-electron chi connectivity index (χ2n) is 1.70. The molecule has 50 valence electrons. The molecule has 0 aromatic carbocycles. The molecule has 0 radical (unpaired) electrons. The van der Waals surface area contributed by atoms with Crippen LogP contribution in [-0.4, -0.2) is 11.2 Å². The van der Waals surface area contributed by atoms with Gasteiger partial charge in [-0.25, -0.2) is 0 Å². The summed E-state index contributed by atoms with van der Waals surface area (Å²) in [6.45, 7) is 6.92. The fraction of sp³-hybridized carbons (Fsp3) is 0.250. The van der Waals surface area contributed by atoms with Crippen LogP contribution in [0.15, 0.2) is 37.5 Å². The van der Waals surface area contributed by atoms with Crippen molar-refractivity contribution >= 4 is 0 Å². The first kappa shape index (κ1) is 8.18. The first-order chi connectivity index (χ1) is 4.31. The number of hydrogen-bond donors (Lipinski definition) is 1. The van der Waals surface area contributed by atoms with E-state index in [-0.39, 0.29) is 0 Å². The second-order valence-corrected chi connectivity index (χ2v) is 1.70. The van der Waals surface area contributed by atoms with Crippen LogP contribution < -0.4 is 0 Å². The van der Waals surface area contributed by atoms with E-state index in [1.165, 1.54) is 6.08 Å². The summed E-state index contributed by atoms with van der Waals surface area (Å²) in [5.41, 5.74) is 0. The predicted octanol–water partition coefficient (Wildman–Crippen LogP) is 1.67. The average Bonchev–Trinajstić information content (AvgIpc) is 1.89. The van der Waals surface area contributed by atoms with Gasteiger partial charge in [-0.1, -0.05) is 30.9 Å². The van der Waals surface area contributed by atoms with E-state index < -0.39 is 6.10 Å². The van der Waals surface area contributed by atoms with Crippen LogP contribution >= 0.6 is 0 Å². The molecule has 0 aromatic rings. The number of rotatable bonds is 4. The Hall–Kier alpha value is -0.820. The summed E-state index contributed by atoms with van der Waals surface area (Å²) in [6.07, 6.45) is 7.03. The smallest absolute Gasteiger partial charge is 0.0752 e. The van der Waals surface area contributed by atoms with Gasteiger partial charge in [0.05, 0.1) is 6.10 Å². The molecule has 0 aromatic heterocycles. The van der Waals surface area contributed by atoms with Gasteiger partial charge in [-0.05, 0) is 6.42 Å². The van der Waals surface area contributed by atoms with Gasteiger partial charge in [0.15, 0.2) is 0 Å². The minimum atomic E-state index is -0.416. The molecule has 0 aliphatic heterocycles. The van der Waals surface area contributed by atoms with Gasteiger partial charge in [-0.15, -0.1) is 6.58 Å². The zero-order chi connectivity index (χ0) is 7.11. The van der Waals surface area contributed by atoms with Gasteiger partial charge >= 0.3 is 0 Å². The van der Waals surface area contributed by atoms with Crippen LogP contribution in [0.4, 0.5) is 0 Å². The monoisotopic (exact) mass is 124 g/mol. The maximum atomic E-state index is 8.88. The van der Waals surface area contributed by atoms with E-state index in [0.29, 0.717) is 6.42 Å². The van der Waals surface area contributed by atoms with E-state index in [1.807, 2.05) is 6.08 Å². The molecule has 0 heterocycles. The molecule has 0 aliphatic rings. The minimum Gasteiger partial charge on any atom is -0.389 e. The third-order valence-electron chi connectivity index (χ3n) is 0.922. The molecule has 1 nitrogen and oxygen atoms in total. The first-order valence-corrected chi connectivity index (χ1v) is 2.89. The Morgan fingerprint density at radius 3 is 2.56 bits per heavy atom. The van der Waals surface area contributed by atoms with Crippen molar-refractivity contribution in [3.63, 3.8) is 0 Å². The van der Waals surface area contributed by atoms with E-state index in [4.69, 9.17) is 5.11 Å². The lowest BCUT2D eigenvalue weighted by Gasteiger charge is -1.96. The third-order valence-corrected chi connectivity index (χ3v) is 0.922. The summed E-state index contributed by atoms with van der Waals surface area (Å²) in [7, 11) is 0. The lowest BCUT2D eigenvalue weighted by Crippen LogP contribution is -1.97. The summed E-state index contributed by atoms with van der Waals surface area (Å²) in [5.74, 6) is 0. The summed E-state index contributed by atoms with van der Waals surface area (Å²) in [6, 6.07) is 0. The fourth-order valence-electron chi connectivity index (χ4n) is 0.410. The van der Waals surface area contributed by atoms with Gasteiger partial charge in [0, 0.05) is 0 Å². The van der Waals surface area contributed by atoms with Gasteiger partial charge < -0.3 is 5.11 Å². The van der Waals surface area contributed by atoms with Crippen molar-refractivity contribution in [2.75, 3.05) is 0 Å². The molecule has 1 unspecified atom stereocenters. The molecule has 0 saturated heterocycles. The SMILES string of the molecule is C=CC=CCC(O)C=C. The van der Waals surface area contributed by atoms with Crippen LogP contribution in [0.3, 0.4) is 0 Å². The van der Waals surface area contributed by atoms with Gasteiger partial charge in [-0.3, -0.25) is 0 Å². The van der Waals surface area contributed by atoms with E-state index in [0.717, 1.165) is 0 Å². The molecule has 0 rings (SSSR count). The zero-order valence-corrected chi connectivity index (χ0v) is 5.46. The van der Waals surface area contributed by atoms with E-state index >= 15 is 0 Å². The standard InChI is InChI=1S/C8H12O/c1-3-5-6-7-8(9)4-2/h3-6,8-9H,1-2,7H2. The van der Waals surface area contributed by atoms with Crippen molar-refractivity contribution in [1.29, 1.82) is 0 Å². The van der Waals surface area contributed by atoms with Gasteiger partial charge in [-0.2, -0.15) is 0 Å². The molecule has 1 heteroatoms.